The van der Waals surface area contributed by atoms with E-state index in [1.807, 2.05) is 56.3 Å². The Morgan fingerprint density at radius 1 is 0.951 bits per heavy atom. The molecule has 2 heterocycles. The SMILES string of the molecule is CCOc1cc([C@H]2C(=C(O)c3ccc4c(c3)OCCO4)C(=O)C(=O)N2CCN(C)C)ccc1OCc1ccccc1. The summed E-state index contributed by atoms with van der Waals surface area (Å²) in [5.41, 5.74) is 2.00. The lowest BCUT2D eigenvalue weighted by atomic mass is 9.94. The second-order valence-electron chi connectivity index (χ2n) is 10.1. The van der Waals surface area contributed by atoms with Crippen LogP contribution in [0.1, 0.15) is 29.7 Å². The molecule has 0 bridgehead atoms. The molecular formula is C32H34N2O7. The minimum atomic E-state index is -0.828. The van der Waals surface area contributed by atoms with E-state index in [2.05, 4.69) is 0 Å². The summed E-state index contributed by atoms with van der Waals surface area (Å²) in [4.78, 5) is 30.2. The van der Waals surface area contributed by atoms with Crippen LogP contribution in [-0.2, 0) is 16.2 Å². The van der Waals surface area contributed by atoms with Crippen molar-refractivity contribution in [3.05, 3.63) is 89.0 Å². The molecule has 0 aromatic heterocycles. The molecule has 1 amide bonds. The molecule has 2 aliphatic heterocycles. The second-order valence-corrected chi connectivity index (χ2v) is 10.1. The minimum Gasteiger partial charge on any atom is -0.507 e. The Labute approximate surface area is 239 Å². The van der Waals surface area contributed by atoms with Gasteiger partial charge in [-0.3, -0.25) is 9.59 Å². The fourth-order valence-corrected chi connectivity index (χ4v) is 4.93. The number of likely N-dealkylation sites (N-methyl/N-ethyl adjacent to an activating group) is 1. The van der Waals surface area contributed by atoms with Crippen molar-refractivity contribution in [3.63, 3.8) is 0 Å². The fraction of sp³-hybridized carbons (Fsp3) is 0.312. The van der Waals surface area contributed by atoms with Crippen molar-refractivity contribution in [1.29, 1.82) is 0 Å². The van der Waals surface area contributed by atoms with Gasteiger partial charge >= 0.3 is 0 Å². The lowest BCUT2D eigenvalue weighted by molar-refractivity contribution is -0.140. The van der Waals surface area contributed by atoms with Gasteiger partial charge in [0.15, 0.2) is 23.0 Å². The number of amides is 1. The van der Waals surface area contributed by atoms with Gasteiger partial charge in [-0.05, 0) is 62.5 Å². The quantitative estimate of drug-likeness (QED) is 0.222. The Kier molecular flexibility index (Phi) is 8.45. The van der Waals surface area contributed by atoms with Gasteiger partial charge < -0.3 is 33.9 Å². The monoisotopic (exact) mass is 558 g/mol. The average molecular weight is 559 g/mol. The first-order chi connectivity index (χ1) is 19.9. The number of nitrogens with zero attached hydrogens (tertiary/aromatic N) is 2. The second kappa shape index (κ2) is 12.3. The van der Waals surface area contributed by atoms with E-state index in [0.717, 1.165) is 5.56 Å². The predicted molar refractivity (Wildman–Crippen MR) is 153 cm³/mol. The first-order valence-electron chi connectivity index (χ1n) is 13.6. The van der Waals surface area contributed by atoms with E-state index in [-0.39, 0.29) is 17.9 Å². The highest BCUT2D eigenvalue weighted by Crippen LogP contribution is 2.43. The molecule has 3 aromatic rings. The van der Waals surface area contributed by atoms with E-state index in [1.165, 1.54) is 4.90 Å². The van der Waals surface area contributed by atoms with E-state index in [1.54, 1.807) is 36.4 Å². The predicted octanol–water partition coefficient (Wildman–Crippen LogP) is 4.42. The highest BCUT2D eigenvalue weighted by Gasteiger charge is 2.46. The van der Waals surface area contributed by atoms with E-state index >= 15 is 0 Å². The zero-order chi connectivity index (χ0) is 28.9. The van der Waals surface area contributed by atoms with Crippen molar-refractivity contribution >= 4 is 17.4 Å². The number of hydrogen-bond donors (Lipinski definition) is 1. The minimum absolute atomic E-state index is 0.00540. The van der Waals surface area contributed by atoms with Gasteiger partial charge in [0, 0.05) is 18.7 Å². The van der Waals surface area contributed by atoms with Gasteiger partial charge in [0.2, 0.25) is 0 Å². The van der Waals surface area contributed by atoms with Crippen molar-refractivity contribution in [3.8, 4) is 23.0 Å². The topological polar surface area (TPSA) is 97.8 Å². The number of carbonyl (C=O) groups is 2. The number of ketones is 1. The molecule has 1 saturated heterocycles. The zero-order valence-corrected chi connectivity index (χ0v) is 23.5. The molecule has 0 aliphatic carbocycles. The Morgan fingerprint density at radius 2 is 1.71 bits per heavy atom. The molecule has 9 heteroatoms. The number of rotatable bonds is 10. The number of aliphatic hydroxyl groups excluding tert-OH is 1. The van der Waals surface area contributed by atoms with Crippen LogP contribution in [0.25, 0.3) is 5.76 Å². The summed E-state index contributed by atoms with van der Waals surface area (Å²) in [6.45, 7) is 4.25. The van der Waals surface area contributed by atoms with Crippen molar-refractivity contribution in [2.75, 3.05) is 47.0 Å². The molecule has 1 N–H and O–H groups in total. The summed E-state index contributed by atoms with van der Waals surface area (Å²) < 4.78 is 23.3. The van der Waals surface area contributed by atoms with Crippen LogP contribution in [0.4, 0.5) is 0 Å². The molecule has 5 rings (SSSR count). The van der Waals surface area contributed by atoms with Crippen molar-refractivity contribution in [2.24, 2.45) is 0 Å². The van der Waals surface area contributed by atoms with E-state index in [4.69, 9.17) is 18.9 Å². The van der Waals surface area contributed by atoms with Crippen molar-refractivity contribution in [1.82, 2.24) is 9.80 Å². The van der Waals surface area contributed by atoms with E-state index in [9.17, 15) is 14.7 Å². The molecular weight excluding hydrogens is 524 g/mol. The number of ether oxygens (including phenoxy) is 4. The van der Waals surface area contributed by atoms with Gasteiger partial charge in [0.25, 0.3) is 11.7 Å². The fourth-order valence-electron chi connectivity index (χ4n) is 4.93. The molecule has 9 nitrogen and oxygen atoms in total. The van der Waals surface area contributed by atoms with Crippen molar-refractivity contribution < 1.29 is 33.6 Å². The molecule has 2 aliphatic rings. The van der Waals surface area contributed by atoms with Crippen LogP contribution in [0.2, 0.25) is 0 Å². The lowest BCUT2D eigenvalue weighted by Crippen LogP contribution is -2.35. The summed E-state index contributed by atoms with van der Waals surface area (Å²) in [5, 5.41) is 11.5. The third-order valence-electron chi connectivity index (χ3n) is 6.96. The van der Waals surface area contributed by atoms with E-state index < -0.39 is 17.7 Å². The smallest absolute Gasteiger partial charge is 0.295 e. The molecule has 0 radical (unpaired) electrons. The largest absolute Gasteiger partial charge is 0.507 e. The number of aliphatic hydroxyl groups is 1. The number of fused-ring (bicyclic) bond motifs is 1. The molecule has 1 atom stereocenters. The highest BCUT2D eigenvalue weighted by atomic mass is 16.6. The average Bonchev–Trinajstić information content (AvgIpc) is 3.24. The van der Waals surface area contributed by atoms with Crippen LogP contribution < -0.4 is 18.9 Å². The number of likely N-dealkylation sites (tertiary alicyclic amines) is 1. The molecule has 0 unspecified atom stereocenters. The third kappa shape index (κ3) is 6.00. The highest BCUT2D eigenvalue weighted by molar-refractivity contribution is 6.46. The summed E-state index contributed by atoms with van der Waals surface area (Å²) in [7, 11) is 3.79. The maximum absolute atomic E-state index is 13.5. The van der Waals surface area contributed by atoms with Gasteiger partial charge in [-0.1, -0.05) is 36.4 Å². The van der Waals surface area contributed by atoms with Gasteiger partial charge in [-0.15, -0.1) is 0 Å². The Bertz CT molecular complexity index is 1450. The maximum atomic E-state index is 13.5. The van der Waals surface area contributed by atoms with Crippen LogP contribution in [0.3, 0.4) is 0 Å². The summed E-state index contributed by atoms with van der Waals surface area (Å²) in [6, 6.07) is 19.3. The number of hydrogen-bond acceptors (Lipinski definition) is 8. The van der Waals surface area contributed by atoms with Crippen LogP contribution in [0.15, 0.2) is 72.3 Å². The zero-order valence-electron chi connectivity index (χ0n) is 23.5. The summed E-state index contributed by atoms with van der Waals surface area (Å²) in [6.07, 6.45) is 0. The lowest BCUT2D eigenvalue weighted by Gasteiger charge is -2.27. The molecule has 214 valence electrons. The molecule has 3 aromatic carbocycles. The number of benzene rings is 3. The maximum Gasteiger partial charge on any atom is 0.295 e. The van der Waals surface area contributed by atoms with Crippen LogP contribution in [-0.4, -0.2) is 73.6 Å². The Hall–Kier alpha value is -4.50. The molecule has 0 saturated carbocycles. The van der Waals surface area contributed by atoms with Crippen LogP contribution >= 0.6 is 0 Å². The van der Waals surface area contributed by atoms with Crippen molar-refractivity contribution in [2.45, 2.75) is 19.6 Å². The Balaban J connectivity index is 1.56. The third-order valence-corrected chi connectivity index (χ3v) is 6.96. The van der Waals surface area contributed by atoms with Crippen LogP contribution in [0, 0.1) is 0 Å². The van der Waals surface area contributed by atoms with Gasteiger partial charge in [-0.2, -0.15) is 0 Å². The molecule has 41 heavy (non-hydrogen) atoms. The van der Waals surface area contributed by atoms with Crippen LogP contribution in [0.5, 0.6) is 23.0 Å². The standard InChI is InChI=1S/C32H34N2O7/c1-4-38-26-18-22(10-12-25(26)41-20-21-8-6-5-7-9-21)29-28(31(36)32(37)34(29)15-14-33(2)3)30(35)23-11-13-24-27(19-23)40-17-16-39-24/h5-13,18-19,29,35H,4,14-17,20H2,1-3H3/t29-/m0/s1. The van der Waals surface area contributed by atoms with E-state index in [0.29, 0.717) is 67.1 Å². The molecule has 0 spiro atoms. The molecule has 1 fully saturated rings. The number of Topliss-reactive ketones (excluding diaryl/α,β-unsaturated/α-hetero) is 1. The van der Waals surface area contributed by atoms with Gasteiger partial charge in [0.1, 0.15) is 25.6 Å². The Morgan fingerprint density at radius 3 is 2.44 bits per heavy atom. The summed E-state index contributed by atoms with van der Waals surface area (Å²) in [5.74, 6) is 0.359. The normalized spacial score (nSPS) is 17.7. The summed E-state index contributed by atoms with van der Waals surface area (Å²) >= 11 is 0. The first kappa shape index (κ1) is 28.0. The first-order valence-corrected chi connectivity index (χ1v) is 13.6. The van der Waals surface area contributed by atoms with Gasteiger partial charge in [0.05, 0.1) is 18.2 Å². The van der Waals surface area contributed by atoms with Gasteiger partial charge in [-0.25, -0.2) is 0 Å². The number of carbonyl (C=O) groups excluding carboxylic acids is 2.